The first-order valence-electron chi connectivity index (χ1n) is 4.25. The fourth-order valence-electron chi connectivity index (χ4n) is 1.84. The van der Waals surface area contributed by atoms with E-state index < -0.39 is 0 Å². The zero-order chi connectivity index (χ0) is 8.55. The maximum atomic E-state index is 6.03. The third kappa shape index (κ3) is 1.40. The van der Waals surface area contributed by atoms with Crippen LogP contribution < -0.4 is 5.73 Å². The summed E-state index contributed by atoms with van der Waals surface area (Å²) in [6, 6.07) is 4.62. The molecule has 3 heteroatoms. The number of nitrogens with zero attached hydrogens (tertiary/aromatic N) is 1. The lowest BCUT2D eigenvalue weighted by Crippen LogP contribution is -2.27. The molecule has 0 bridgehead atoms. The van der Waals surface area contributed by atoms with Crippen LogP contribution in [-0.2, 0) is 0 Å². The molecule has 2 N–H and O–H groups in total. The minimum atomic E-state index is 0.327. The lowest BCUT2D eigenvalue weighted by Gasteiger charge is -2.10. The van der Waals surface area contributed by atoms with Gasteiger partial charge in [-0.3, -0.25) is 0 Å². The highest BCUT2D eigenvalue weighted by molar-refractivity contribution is 7.10. The molecule has 1 aromatic heterocycles. The van der Waals surface area contributed by atoms with E-state index in [0.717, 1.165) is 13.1 Å². The Morgan fingerprint density at radius 2 is 2.42 bits per heavy atom. The van der Waals surface area contributed by atoms with Gasteiger partial charge in [-0.05, 0) is 18.5 Å². The average Bonchev–Trinajstić information content (AvgIpc) is 2.58. The van der Waals surface area contributed by atoms with Gasteiger partial charge < -0.3 is 10.6 Å². The van der Waals surface area contributed by atoms with Gasteiger partial charge in [0.25, 0.3) is 0 Å². The van der Waals surface area contributed by atoms with Gasteiger partial charge in [-0.2, -0.15) is 0 Å². The van der Waals surface area contributed by atoms with Gasteiger partial charge >= 0.3 is 0 Å². The topological polar surface area (TPSA) is 29.3 Å². The van der Waals surface area contributed by atoms with Crippen LogP contribution in [0, 0.1) is 0 Å². The van der Waals surface area contributed by atoms with E-state index in [9.17, 15) is 0 Å². The number of hydrogen-bond acceptors (Lipinski definition) is 3. The zero-order valence-electron chi connectivity index (χ0n) is 7.23. The summed E-state index contributed by atoms with van der Waals surface area (Å²) >= 11 is 1.82. The van der Waals surface area contributed by atoms with Crippen LogP contribution in [0.5, 0.6) is 0 Å². The van der Waals surface area contributed by atoms with E-state index in [-0.39, 0.29) is 0 Å². The van der Waals surface area contributed by atoms with Gasteiger partial charge in [0.05, 0.1) is 0 Å². The summed E-state index contributed by atoms with van der Waals surface area (Å²) in [5.74, 6) is 0.565. The van der Waals surface area contributed by atoms with E-state index in [1.165, 1.54) is 4.88 Å². The first kappa shape index (κ1) is 8.23. The van der Waals surface area contributed by atoms with Crippen LogP contribution in [0.4, 0.5) is 0 Å². The highest BCUT2D eigenvalue weighted by atomic mass is 32.1. The third-order valence-corrected chi connectivity index (χ3v) is 3.46. The molecule has 2 nitrogen and oxygen atoms in total. The van der Waals surface area contributed by atoms with Crippen LogP contribution in [0.1, 0.15) is 10.8 Å². The summed E-state index contributed by atoms with van der Waals surface area (Å²) in [5.41, 5.74) is 6.03. The number of rotatable bonds is 1. The molecule has 0 spiro atoms. The molecule has 2 heterocycles. The molecular weight excluding hydrogens is 168 g/mol. The SMILES string of the molecule is CN1C[C@H](c2cccs2)[C@@H](N)C1. The second-order valence-electron chi connectivity index (χ2n) is 3.51. The molecule has 1 fully saturated rings. The molecule has 0 aliphatic carbocycles. The van der Waals surface area contributed by atoms with Gasteiger partial charge in [-0.25, -0.2) is 0 Å². The summed E-state index contributed by atoms with van der Waals surface area (Å²) in [5, 5.41) is 2.13. The smallest absolute Gasteiger partial charge is 0.0257 e. The van der Waals surface area contributed by atoms with E-state index in [1.54, 1.807) is 0 Å². The molecular formula is C9H14N2S. The van der Waals surface area contributed by atoms with Crippen molar-refractivity contribution in [2.24, 2.45) is 5.73 Å². The number of likely N-dealkylation sites (tertiary alicyclic amines) is 1. The summed E-state index contributed by atoms with van der Waals surface area (Å²) in [6.07, 6.45) is 0. The van der Waals surface area contributed by atoms with Gasteiger partial charge in [0.15, 0.2) is 0 Å². The first-order chi connectivity index (χ1) is 5.77. The van der Waals surface area contributed by atoms with Crippen molar-refractivity contribution in [2.45, 2.75) is 12.0 Å². The van der Waals surface area contributed by atoms with E-state index in [4.69, 9.17) is 5.73 Å². The third-order valence-electron chi connectivity index (χ3n) is 2.46. The van der Waals surface area contributed by atoms with Gasteiger partial charge in [-0.15, -0.1) is 11.3 Å². The predicted octanol–water partition coefficient (Wildman–Crippen LogP) is 1.10. The molecule has 2 rings (SSSR count). The molecule has 1 aliphatic rings. The number of nitrogens with two attached hydrogens (primary N) is 1. The van der Waals surface area contributed by atoms with Crippen molar-refractivity contribution in [1.82, 2.24) is 4.90 Å². The maximum Gasteiger partial charge on any atom is 0.0257 e. The van der Waals surface area contributed by atoms with Crippen LogP contribution in [0.2, 0.25) is 0 Å². The van der Waals surface area contributed by atoms with Gasteiger partial charge in [0, 0.05) is 29.9 Å². The Labute approximate surface area is 77.0 Å². The highest BCUT2D eigenvalue weighted by Crippen LogP contribution is 2.28. The van der Waals surface area contributed by atoms with Crippen molar-refractivity contribution in [3.05, 3.63) is 22.4 Å². The van der Waals surface area contributed by atoms with Crippen LogP contribution in [0.3, 0.4) is 0 Å². The summed E-state index contributed by atoms with van der Waals surface area (Å²) < 4.78 is 0. The fraction of sp³-hybridized carbons (Fsp3) is 0.556. The molecule has 0 radical (unpaired) electrons. The van der Waals surface area contributed by atoms with Crippen molar-refractivity contribution in [1.29, 1.82) is 0 Å². The zero-order valence-corrected chi connectivity index (χ0v) is 8.05. The molecule has 12 heavy (non-hydrogen) atoms. The van der Waals surface area contributed by atoms with E-state index in [2.05, 4.69) is 29.5 Å². The molecule has 66 valence electrons. The summed E-state index contributed by atoms with van der Waals surface area (Å²) in [4.78, 5) is 3.74. The Bertz CT molecular complexity index is 245. The van der Waals surface area contributed by atoms with Crippen molar-refractivity contribution < 1.29 is 0 Å². The Morgan fingerprint density at radius 3 is 2.92 bits per heavy atom. The molecule has 1 aliphatic heterocycles. The second kappa shape index (κ2) is 3.17. The Balaban J connectivity index is 2.15. The van der Waals surface area contributed by atoms with E-state index in [1.807, 2.05) is 11.3 Å². The van der Waals surface area contributed by atoms with Crippen molar-refractivity contribution in [3.8, 4) is 0 Å². The van der Waals surface area contributed by atoms with E-state index >= 15 is 0 Å². The lowest BCUT2D eigenvalue weighted by atomic mass is 10.0. The van der Waals surface area contributed by atoms with Crippen molar-refractivity contribution in [3.63, 3.8) is 0 Å². The first-order valence-corrected chi connectivity index (χ1v) is 5.13. The van der Waals surface area contributed by atoms with Crippen molar-refractivity contribution in [2.75, 3.05) is 20.1 Å². The minimum Gasteiger partial charge on any atom is -0.326 e. The molecule has 1 aromatic rings. The molecule has 0 unspecified atom stereocenters. The average molecular weight is 182 g/mol. The molecule has 0 aromatic carbocycles. The molecule has 1 saturated heterocycles. The van der Waals surface area contributed by atoms with Crippen LogP contribution in [-0.4, -0.2) is 31.1 Å². The van der Waals surface area contributed by atoms with E-state index in [0.29, 0.717) is 12.0 Å². The Morgan fingerprint density at radius 1 is 1.58 bits per heavy atom. The Hall–Kier alpha value is -0.380. The second-order valence-corrected chi connectivity index (χ2v) is 4.49. The Kier molecular flexibility index (Phi) is 2.17. The van der Waals surface area contributed by atoms with Gasteiger partial charge in [0.2, 0.25) is 0 Å². The van der Waals surface area contributed by atoms with Gasteiger partial charge in [-0.1, -0.05) is 6.07 Å². The molecule has 0 saturated carbocycles. The fourth-order valence-corrected chi connectivity index (χ4v) is 2.73. The number of hydrogen-bond donors (Lipinski definition) is 1. The molecule has 0 amide bonds. The van der Waals surface area contributed by atoms with Crippen LogP contribution in [0.15, 0.2) is 17.5 Å². The summed E-state index contributed by atoms with van der Waals surface area (Å²) in [6.45, 7) is 2.14. The monoisotopic (exact) mass is 182 g/mol. The standard InChI is InChI=1S/C9H14N2S/c1-11-5-7(8(10)6-11)9-3-2-4-12-9/h2-4,7-8H,5-6,10H2,1H3/t7-,8-/m0/s1. The van der Waals surface area contributed by atoms with Gasteiger partial charge in [0.1, 0.15) is 0 Å². The predicted molar refractivity (Wildman–Crippen MR) is 52.5 cm³/mol. The number of thiophene rings is 1. The van der Waals surface area contributed by atoms with Crippen LogP contribution in [0.25, 0.3) is 0 Å². The quantitative estimate of drug-likeness (QED) is 0.705. The normalized spacial score (nSPS) is 31.2. The minimum absolute atomic E-state index is 0.327. The highest BCUT2D eigenvalue weighted by Gasteiger charge is 2.29. The largest absolute Gasteiger partial charge is 0.326 e. The molecule has 2 atom stereocenters. The lowest BCUT2D eigenvalue weighted by molar-refractivity contribution is 0.408. The maximum absolute atomic E-state index is 6.03. The van der Waals surface area contributed by atoms with Crippen molar-refractivity contribution >= 4 is 11.3 Å². The summed E-state index contributed by atoms with van der Waals surface area (Å²) in [7, 11) is 2.13. The number of likely N-dealkylation sites (N-methyl/N-ethyl adjacent to an activating group) is 1. The van der Waals surface area contributed by atoms with Crippen LogP contribution >= 0.6 is 11.3 Å².